The molecule has 0 spiro atoms. The number of nitrogens with zero attached hydrogens (tertiary/aromatic N) is 1. The van der Waals surface area contributed by atoms with Gasteiger partial charge >= 0.3 is 11.9 Å². The van der Waals surface area contributed by atoms with E-state index in [2.05, 4.69) is 5.32 Å². The van der Waals surface area contributed by atoms with E-state index in [1.54, 1.807) is 0 Å². The fourth-order valence-electron chi connectivity index (χ4n) is 1.62. The highest BCUT2D eigenvalue weighted by atomic mass is 19.1. The number of hydroxylamine groups is 2. The Labute approximate surface area is 130 Å². The third-order valence-corrected chi connectivity index (χ3v) is 2.68. The highest BCUT2D eigenvalue weighted by Crippen LogP contribution is 2.24. The molecule has 0 atom stereocenters. The van der Waals surface area contributed by atoms with Gasteiger partial charge in [-0.25, -0.2) is 14.2 Å². The van der Waals surface area contributed by atoms with E-state index in [1.807, 2.05) is 0 Å². The predicted molar refractivity (Wildman–Crippen MR) is 75.6 cm³/mol. The molecule has 8 nitrogen and oxygen atoms in total. The van der Waals surface area contributed by atoms with Crippen LogP contribution in [0.25, 0.3) is 0 Å². The molecule has 0 aliphatic carbocycles. The van der Waals surface area contributed by atoms with Crippen molar-refractivity contribution in [2.24, 2.45) is 5.73 Å². The molecule has 0 bridgehead atoms. The first-order valence-corrected chi connectivity index (χ1v) is 6.53. The third kappa shape index (κ3) is 4.71. The fourth-order valence-corrected chi connectivity index (χ4v) is 1.62. The Hall–Kier alpha value is -3.07. The summed E-state index contributed by atoms with van der Waals surface area (Å²) in [5, 5.41) is 12.2. The topological polar surface area (TPSA) is 118 Å². The maximum Gasteiger partial charge on any atom is 0.313 e. The molecule has 0 saturated carbocycles. The molecule has 9 heteroatoms. The number of halogens is 1. The van der Waals surface area contributed by atoms with E-state index in [0.717, 1.165) is 0 Å². The molecule has 122 valence electrons. The zero-order valence-corrected chi connectivity index (χ0v) is 11.9. The molecule has 0 radical (unpaired) electrons. The van der Waals surface area contributed by atoms with Gasteiger partial charge in [0, 0.05) is 12.6 Å². The minimum Gasteiger partial charge on any atom is -0.426 e. The summed E-state index contributed by atoms with van der Waals surface area (Å²) in [6.45, 7) is -0.187. The Kier molecular flexibility index (Phi) is 5.15. The van der Waals surface area contributed by atoms with E-state index < -0.39 is 17.8 Å². The Balaban J connectivity index is 1.93. The summed E-state index contributed by atoms with van der Waals surface area (Å²) in [5.74, 6) is -1.06. The SMILES string of the molecule is NC(=O)NCCN(O)C(=O)c1ccc(Oc2ccc(F)cc2)o1. The van der Waals surface area contributed by atoms with Crippen LogP contribution in [0.4, 0.5) is 9.18 Å². The van der Waals surface area contributed by atoms with Gasteiger partial charge in [-0.15, -0.1) is 0 Å². The summed E-state index contributed by atoms with van der Waals surface area (Å²) in [5.41, 5.74) is 4.86. The zero-order chi connectivity index (χ0) is 16.8. The summed E-state index contributed by atoms with van der Waals surface area (Å²) in [7, 11) is 0. The molecule has 1 aromatic heterocycles. The van der Waals surface area contributed by atoms with Gasteiger partial charge in [-0.3, -0.25) is 10.0 Å². The number of carbonyl (C=O) groups excluding carboxylic acids is 2. The second kappa shape index (κ2) is 7.27. The standard InChI is InChI=1S/C14H14FN3O5/c15-9-1-3-10(4-2-9)22-12-6-5-11(23-12)13(19)18(21)8-7-17-14(16)20/h1-6,21H,7-8H2,(H3,16,17,20). The van der Waals surface area contributed by atoms with Crippen molar-refractivity contribution >= 4 is 11.9 Å². The van der Waals surface area contributed by atoms with Crippen LogP contribution in [0.3, 0.4) is 0 Å². The second-order valence-corrected chi connectivity index (χ2v) is 4.39. The van der Waals surface area contributed by atoms with Gasteiger partial charge in [0.2, 0.25) is 0 Å². The van der Waals surface area contributed by atoms with Crippen molar-refractivity contribution in [2.75, 3.05) is 13.1 Å². The Morgan fingerprint density at radius 3 is 2.61 bits per heavy atom. The maximum absolute atomic E-state index is 12.8. The Bertz CT molecular complexity index is 686. The average molecular weight is 323 g/mol. The number of urea groups is 1. The van der Waals surface area contributed by atoms with Crippen molar-refractivity contribution in [1.82, 2.24) is 10.4 Å². The van der Waals surface area contributed by atoms with Crippen molar-refractivity contribution in [3.63, 3.8) is 0 Å². The third-order valence-electron chi connectivity index (χ3n) is 2.68. The van der Waals surface area contributed by atoms with Crippen molar-refractivity contribution in [3.05, 3.63) is 48.0 Å². The second-order valence-electron chi connectivity index (χ2n) is 4.39. The van der Waals surface area contributed by atoms with Crippen molar-refractivity contribution < 1.29 is 28.3 Å². The normalized spacial score (nSPS) is 10.2. The molecule has 0 fully saturated rings. The van der Waals surface area contributed by atoms with Gasteiger partial charge in [-0.05, 0) is 30.3 Å². The smallest absolute Gasteiger partial charge is 0.313 e. The molecule has 2 rings (SSSR count). The van der Waals surface area contributed by atoms with Gasteiger partial charge in [-0.1, -0.05) is 0 Å². The number of rotatable bonds is 6. The number of amides is 3. The van der Waals surface area contributed by atoms with Crippen LogP contribution >= 0.6 is 0 Å². The molecule has 2 aromatic rings. The van der Waals surface area contributed by atoms with Crippen LogP contribution in [0.2, 0.25) is 0 Å². The summed E-state index contributed by atoms with van der Waals surface area (Å²) >= 11 is 0. The quantitative estimate of drug-likeness (QED) is 0.552. The predicted octanol–water partition coefficient (Wildman–Crippen LogP) is 1.71. The van der Waals surface area contributed by atoms with E-state index in [1.165, 1.54) is 36.4 Å². The molecule has 1 aromatic carbocycles. The molecule has 4 N–H and O–H groups in total. The summed E-state index contributed by atoms with van der Waals surface area (Å²) in [6, 6.07) is 7.15. The van der Waals surface area contributed by atoms with Gasteiger partial charge < -0.3 is 20.2 Å². The number of hydrogen-bond acceptors (Lipinski definition) is 5. The fraction of sp³-hybridized carbons (Fsp3) is 0.143. The van der Waals surface area contributed by atoms with Crippen molar-refractivity contribution in [2.45, 2.75) is 0 Å². The first-order chi connectivity index (χ1) is 11.0. The molecular formula is C14H14FN3O5. The van der Waals surface area contributed by atoms with Crippen LogP contribution in [-0.4, -0.2) is 35.3 Å². The largest absolute Gasteiger partial charge is 0.426 e. The van der Waals surface area contributed by atoms with Gasteiger partial charge in [0.15, 0.2) is 5.76 Å². The Morgan fingerprint density at radius 2 is 1.96 bits per heavy atom. The lowest BCUT2D eigenvalue weighted by Crippen LogP contribution is -2.38. The molecule has 23 heavy (non-hydrogen) atoms. The number of nitrogens with one attached hydrogen (secondary N) is 1. The van der Waals surface area contributed by atoms with Crippen molar-refractivity contribution in [1.29, 1.82) is 0 Å². The number of benzene rings is 1. The lowest BCUT2D eigenvalue weighted by Gasteiger charge is -2.13. The molecule has 0 unspecified atom stereocenters. The van der Waals surface area contributed by atoms with Gasteiger partial charge in [0.25, 0.3) is 5.95 Å². The average Bonchev–Trinajstić information content (AvgIpc) is 2.97. The number of hydrogen-bond donors (Lipinski definition) is 3. The van der Waals surface area contributed by atoms with E-state index >= 15 is 0 Å². The van der Waals surface area contributed by atoms with Gasteiger partial charge in [0.1, 0.15) is 11.6 Å². The first kappa shape index (κ1) is 16.3. The van der Waals surface area contributed by atoms with Crippen LogP contribution in [0.15, 0.2) is 40.8 Å². The highest BCUT2D eigenvalue weighted by Gasteiger charge is 2.18. The lowest BCUT2D eigenvalue weighted by atomic mass is 10.3. The molecule has 3 amide bonds. The van der Waals surface area contributed by atoms with Gasteiger partial charge in [0.05, 0.1) is 6.54 Å². The van der Waals surface area contributed by atoms with E-state index in [9.17, 15) is 19.2 Å². The number of furan rings is 1. The number of ether oxygens (including phenoxy) is 1. The maximum atomic E-state index is 12.8. The highest BCUT2D eigenvalue weighted by molar-refractivity contribution is 5.90. The molecule has 0 aliphatic heterocycles. The molecule has 0 aliphatic rings. The van der Waals surface area contributed by atoms with Crippen LogP contribution in [0.5, 0.6) is 11.7 Å². The minimum absolute atomic E-state index is 0.00335. The monoisotopic (exact) mass is 323 g/mol. The molecule has 0 saturated heterocycles. The number of carbonyl (C=O) groups is 2. The van der Waals surface area contributed by atoms with Crippen LogP contribution in [0, 0.1) is 5.82 Å². The number of primary amides is 1. The summed E-state index contributed by atoms with van der Waals surface area (Å²) in [6.07, 6.45) is 0. The summed E-state index contributed by atoms with van der Waals surface area (Å²) < 4.78 is 23.2. The van der Waals surface area contributed by atoms with E-state index in [0.29, 0.717) is 10.8 Å². The Morgan fingerprint density at radius 1 is 1.26 bits per heavy atom. The first-order valence-electron chi connectivity index (χ1n) is 6.53. The molecular weight excluding hydrogens is 309 g/mol. The van der Waals surface area contributed by atoms with Crippen LogP contribution < -0.4 is 15.8 Å². The minimum atomic E-state index is -0.815. The van der Waals surface area contributed by atoms with Crippen LogP contribution in [0.1, 0.15) is 10.6 Å². The summed E-state index contributed by atoms with van der Waals surface area (Å²) in [4.78, 5) is 22.3. The molecule has 1 heterocycles. The van der Waals surface area contributed by atoms with Gasteiger partial charge in [-0.2, -0.15) is 0 Å². The van der Waals surface area contributed by atoms with E-state index in [-0.39, 0.29) is 24.8 Å². The van der Waals surface area contributed by atoms with Crippen molar-refractivity contribution in [3.8, 4) is 11.7 Å². The zero-order valence-electron chi connectivity index (χ0n) is 11.9. The lowest BCUT2D eigenvalue weighted by molar-refractivity contribution is -0.0586. The van der Waals surface area contributed by atoms with E-state index in [4.69, 9.17) is 14.9 Å². The number of nitrogens with two attached hydrogens (primary N) is 1. The van der Waals surface area contributed by atoms with Crippen LogP contribution in [-0.2, 0) is 0 Å².